The first-order chi connectivity index (χ1) is 16.0. The zero-order valence-electron chi connectivity index (χ0n) is 18.1. The first-order valence-electron chi connectivity index (χ1n) is 10.2. The van der Waals surface area contributed by atoms with E-state index in [1.54, 1.807) is 36.4 Å². The van der Waals surface area contributed by atoms with Crippen molar-refractivity contribution in [1.29, 1.82) is 0 Å². The van der Waals surface area contributed by atoms with Gasteiger partial charge in [0.05, 0.1) is 18.7 Å². The van der Waals surface area contributed by atoms with E-state index in [4.69, 9.17) is 4.74 Å². The van der Waals surface area contributed by atoms with Crippen LogP contribution < -0.4 is 10.6 Å². The van der Waals surface area contributed by atoms with Gasteiger partial charge in [0.2, 0.25) is 0 Å². The number of esters is 1. The topological polar surface area (TPSA) is 97.6 Å². The molecule has 1 unspecified atom stereocenters. The van der Waals surface area contributed by atoms with Crippen LogP contribution in [-0.4, -0.2) is 33.7 Å². The highest BCUT2D eigenvalue weighted by atomic mass is 16.5. The minimum Gasteiger partial charge on any atom is -0.465 e. The second-order valence-corrected chi connectivity index (χ2v) is 7.21. The van der Waals surface area contributed by atoms with Gasteiger partial charge in [-0.15, -0.1) is 10.2 Å². The van der Waals surface area contributed by atoms with E-state index < -0.39 is 5.97 Å². The summed E-state index contributed by atoms with van der Waals surface area (Å²) in [4.78, 5) is 24.2. The quantitative estimate of drug-likeness (QED) is 0.372. The van der Waals surface area contributed by atoms with Crippen LogP contribution in [0.3, 0.4) is 0 Å². The first-order valence-corrected chi connectivity index (χ1v) is 10.2. The average Bonchev–Trinajstić information content (AvgIpc) is 3.27. The minimum absolute atomic E-state index is 0.354. The number of anilines is 1. The van der Waals surface area contributed by atoms with Crippen molar-refractivity contribution in [1.82, 2.24) is 19.9 Å². The minimum atomic E-state index is -0.413. The molecule has 8 nitrogen and oxygen atoms in total. The molecule has 2 heterocycles. The van der Waals surface area contributed by atoms with E-state index in [0.717, 1.165) is 0 Å². The molecule has 2 aromatic carbocycles. The smallest absolute Gasteiger partial charge is 0.337 e. The number of benzene rings is 2. The van der Waals surface area contributed by atoms with Gasteiger partial charge in [0, 0.05) is 23.0 Å². The summed E-state index contributed by atoms with van der Waals surface area (Å²) in [6, 6.07) is 19.0. The molecule has 0 radical (unpaired) electrons. The fourth-order valence-corrected chi connectivity index (χ4v) is 3.24. The summed E-state index contributed by atoms with van der Waals surface area (Å²) >= 11 is 0. The monoisotopic (exact) mass is 439 g/mol. The summed E-state index contributed by atoms with van der Waals surface area (Å²) in [5, 5.41) is 14.0. The SMILES string of the molecule is COC(=O)c1cccc(C#Cc2cccc(NC(=O)NC(C)c3nnc4ccccn34)c2)c1. The van der Waals surface area contributed by atoms with Crippen LogP contribution in [0, 0.1) is 11.8 Å². The lowest BCUT2D eigenvalue weighted by Crippen LogP contribution is -2.32. The average molecular weight is 439 g/mol. The lowest BCUT2D eigenvalue weighted by atomic mass is 10.1. The van der Waals surface area contributed by atoms with Gasteiger partial charge in [-0.1, -0.05) is 30.0 Å². The van der Waals surface area contributed by atoms with Gasteiger partial charge in [0.25, 0.3) is 0 Å². The molecule has 4 aromatic rings. The molecule has 0 saturated carbocycles. The number of fused-ring (bicyclic) bond motifs is 1. The molecule has 33 heavy (non-hydrogen) atoms. The van der Waals surface area contributed by atoms with Crippen molar-refractivity contribution >= 4 is 23.3 Å². The maximum Gasteiger partial charge on any atom is 0.337 e. The van der Waals surface area contributed by atoms with Gasteiger partial charge >= 0.3 is 12.0 Å². The highest BCUT2D eigenvalue weighted by Gasteiger charge is 2.15. The number of rotatable bonds is 4. The fourth-order valence-electron chi connectivity index (χ4n) is 3.24. The van der Waals surface area contributed by atoms with Crippen molar-refractivity contribution in [3.8, 4) is 11.8 Å². The van der Waals surface area contributed by atoms with E-state index in [1.165, 1.54) is 7.11 Å². The van der Waals surface area contributed by atoms with Crippen molar-refractivity contribution in [2.45, 2.75) is 13.0 Å². The number of urea groups is 1. The van der Waals surface area contributed by atoms with E-state index in [1.807, 2.05) is 47.9 Å². The lowest BCUT2D eigenvalue weighted by Gasteiger charge is -2.13. The largest absolute Gasteiger partial charge is 0.465 e. The van der Waals surface area contributed by atoms with E-state index in [-0.39, 0.29) is 12.1 Å². The van der Waals surface area contributed by atoms with Crippen LogP contribution >= 0.6 is 0 Å². The molecule has 4 rings (SSSR count). The number of carbonyl (C=O) groups is 2. The highest BCUT2D eigenvalue weighted by Crippen LogP contribution is 2.14. The van der Waals surface area contributed by atoms with Crippen LogP contribution in [0.5, 0.6) is 0 Å². The number of carbonyl (C=O) groups excluding carboxylic acids is 2. The maximum absolute atomic E-state index is 12.5. The summed E-state index contributed by atoms with van der Waals surface area (Å²) in [6.07, 6.45) is 1.85. The van der Waals surface area contributed by atoms with Crippen molar-refractivity contribution in [2.75, 3.05) is 12.4 Å². The van der Waals surface area contributed by atoms with Crippen molar-refractivity contribution < 1.29 is 14.3 Å². The molecule has 0 aliphatic carbocycles. The normalized spacial score (nSPS) is 11.2. The van der Waals surface area contributed by atoms with Gasteiger partial charge in [-0.05, 0) is 55.5 Å². The summed E-state index contributed by atoms with van der Waals surface area (Å²) in [5.74, 6) is 6.29. The molecule has 0 spiro atoms. The number of pyridine rings is 1. The third-order valence-corrected chi connectivity index (χ3v) is 4.83. The molecule has 2 N–H and O–H groups in total. The molecule has 2 aromatic heterocycles. The Morgan fingerprint density at radius 2 is 1.73 bits per heavy atom. The standard InChI is InChI=1S/C25H21N5O3/c1-17(23-29-28-22-11-3-4-14-30(22)23)26-25(32)27-21-10-6-8-19(16-21)13-12-18-7-5-9-20(15-18)24(31)33-2/h3-11,14-17H,1-2H3,(H2,26,27,32). The molecule has 1 atom stereocenters. The Morgan fingerprint density at radius 3 is 2.52 bits per heavy atom. The number of nitrogens with one attached hydrogen (secondary N) is 2. The van der Waals surface area contributed by atoms with Crippen molar-refractivity contribution in [3.05, 3.63) is 95.4 Å². The Labute approximate surface area is 190 Å². The molecular formula is C25H21N5O3. The van der Waals surface area contributed by atoms with E-state index in [9.17, 15) is 9.59 Å². The van der Waals surface area contributed by atoms with Crippen molar-refractivity contribution in [3.63, 3.8) is 0 Å². The van der Waals surface area contributed by atoms with Crippen LogP contribution in [0.4, 0.5) is 10.5 Å². The van der Waals surface area contributed by atoms with Gasteiger partial charge in [-0.25, -0.2) is 9.59 Å². The number of aromatic nitrogens is 3. The summed E-state index contributed by atoms with van der Waals surface area (Å²) < 4.78 is 6.57. The molecule has 164 valence electrons. The van der Waals surface area contributed by atoms with Crippen molar-refractivity contribution in [2.24, 2.45) is 0 Å². The van der Waals surface area contributed by atoms with E-state index in [0.29, 0.717) is 33.8 Å². The number of hydrogen-bond acceptors (Lipinski definition) is 5. The zero-order chi connectivity index (χ0) is 23.2. The summed E-state index contributed by atoms with van der Waals surface area (Å²) in [6.45, 7) is 1.84. The molecule has 2 amide bonds. The summed E-state index contributed by atoms with van der Waals surface area (Å²) in [5.41, 5.74) is 3.15. The number of nitrogens with zero attached hydrogens (tertiary/aromatic N) is 3. The van der Waals surface area contributed by atoms with E-state index >= 15 is 0 Å². The molecule has 0 aliphatic heterocycles. The van der Waals surface area contributed by atoms with Crippen LogP contribution in [0.2, 0.25) is 0 Å². The van der Waals surface area contributed by atoms with Crippen LogP contribution in [0.1, 0.15) is 40.3 Å². The Kier molecular flexibility index (Phi) is 6.32. The summed E-state index contributed by atoms with van der Waals surface area (Å²) in [7, 11) is 1.34. The number of methoxy groups -OCH3 is 1. The van der Waals surface area contributed by atoms with E-state index in [2.05, 4.69) is 32.7 Å². The fraction of sp³-hybridized carbons (Fsp3) is 0.120. The molecule has 8 heteroatoms. The van der Waals surface area contributed by atoms with Gasteiger partial charge < -0.3 is 15.4 Å². The molecular weight excluding hydrogens is 418 g/mol. The predicted molar refractivity (Wildman–Crippen MR) is 124 cm³/mol. The molecule has 0 fully saturated rings. The lowest BCUT2D eigenvalue weighted by molar-refractivity contribution is 0.0600. The Balaban J connectivity index is 1.43. The third kappa shape index (κ3) is 5.17. The highest BCUT2D eigenvalue weighted by molar-refractivity contribution is 5.90. The Hall–Kier alpha value is -4.64. The first kappa shape index (κ1) is 21.6. The molecule has 0 saturated heterocycles. The second kappa shape index (κ2) is 9.66. The number of ether oxygens (including phenoxy) is 1. The number of hydrogen-bond donors (Lipinski definition) is 2. The van der Waals surface area contributed by atoms with Gasteiger partial charge in [0.1, 0.15) is 0 Å². The molecule has 0 bridgehead atoms. The van der Waals surface area contributed by atoms with Gasteiger partial charge in [-0.3, -0.25) is 4.40 Å². The maximum atomic E-state index is 12.5. The third-order valence-electron chi connectivity index (χ3n) is 4.83. The Morgan fingerprint density at radius 1 is 0.970 bits per heavy atom. The Bertz CT molecular complexity index is 1380. The van der Waals surface area contributed by atoms with Crippen LogP contribution in [-0.2, 0) is 4.74 Å². The van der Waals surface area contributed by atoms with Gasteiger partial charge in [0.15, 0.2) is 11.5 Å². The van der Waals surface area contributed by atoms with Gasteiger partial charge in [-0.2, -0.15) is 0 Å². The van der Waals surface area contributed by atoms with Crippen LogP contribution in [0.15, 0.2) is 72.9 Å². The second-order valence-electron chi connectivity index (χ2n) is 7.21. The predicted octanol–water partition coefficient (Wildman–Crippen LogP) is 3.80. The van der Waals surface area contributed by atoms with Crippen LogP contribution in [0.25, 0.3) is 5.65 Å². The molecule has 0 aliphatic rings. The number of amides is 2. The zero-order valence-corrected chi connectivity index (χ0v) is 18.1.